The van der Waals surface area contributed by atoms with Crippen molar-refractivity contribution in [1.82, 2.24) is 0 Å². The second kappa shape index (κ2) is 8.43. The Balaban J connectivity index is 1.92. The van der Waals surface area contributed by atoms with E-state index in [0.717, 1.165) is 34.9 Å². The molecular weight excluding hydrogens is 383 g/mol. The van der Waals surface area contributed by atoms with Crippen LogP contribution in [0, 0.1) is 13.8 Å². The highest BCUT2D eigenvalue weighted by atomic mass is 35.5. The monoisotopic (exact) mass is 399 g/mol. The summed E-state index contributed by atoms with van der Waals surface area (Å²) in [5.74, 6) is -1.41. The zero-order chi connectivity index (χ0) is 20.2. The topological polar surface area (TPSA) is 55.4 Å². The van der Waals surface area contributed by atoms with Crippen molar-refractivity contribution in [1.29, 1.82) is 0 Å². The van der Waals surface area contributed by atoms with Crippen molar-refractivity contribution in [2.75, 3.05) is 11.9 Å². The molecule has 0 aromatic heterocycles. The molecule has 1 amide bonds. The van der Waals surface area contributed by atoms with E-state index in [2.05, 4.69) is 5.32 Å². The number of alkyl halides is 3. The van der Waals surface area contributed by atoms with Gasteiger partial charge in [0.1, 0.15) is 0 Å². The van der Waals surface area contributed by atoms with Crippen molar-refractivity contribution in [2.45, 2.75) is 26.4 Å². The fourth-order valence-electron chi connectivity index (χ4n) is 2.26. The number of rotatable bonds is 5. The van der Waals surface area contributed by atoms with Gasteiger partial charge in [0, 0.05) is 0 Å². The Morgan fingerprint density at radius 3 is 2.41 bits per heavy atom. The zero-order valence-electron chi connectivity index (χ0n) is 14.6. The van der Waals surface area contributed by atoms with Crippen LogP contribution in [0.15, 0.2) is 36.4 Å². The van der Waals surface area contributed by atoms with Crippen molar-refractivity contribution in [3.05, 3.63) is 63.7 Å². The minimum absolute atomic E-state index is 0.0152. The number of anilines is 1. The maximum Gasteiger partial charge on any atom is 0.416 e. The molecule has 0 unspecified atom stereocenters. The molecule has 0 saturated carbocycles. The Hall–Kier alpha value is -2.54. The Morgan fingerprint density at radius 1 is 1.07 bits per heavy atom. The van der Waals surface area contributed by atoms with Gasteiger partial charge in [0.15, 0.2) is 6.61 Å². The van der Waals surface area contributed by atoms with Crippen LogP contribution in [0.4, 0.5) is 18.9 Å². The number of hydrogen-bond acceptors (Lipinski definition) is 3. The van der Waals surface area contributed by atoms with Gasteiger partial charge in [0.05, 0.1) is 22.7 Å². The molecule has 0 aliphatic rings. The summed E-state index contributed by atoms with van der Waals surface area (Å²) in [4.78, 5) is 23.7. The molecule has 144 valence electrons. The van der Waals surface area contributed by atoms with Gasteiger partial charge in [-0.15, -0.1) is 0 Å². The van der Waals surface area contributed by atoms with Gasteiger partial charge < -0.3 is 10.1 Å². The lowest BCUT2D eigenvalue weighted by Crippen LogP contribution is -2.22. The third kappa shape index (κ3) is 5.99. The smallest absolute Gasteiger partial charge is 0.416 e. The fourth-order valence-corrected chi connectivity index (χ4v) is 2.43. The van der Waals surface area contributed by atoms with Crippen molar-refractivity contribution in [3.63, 3.8) is 0 Å². The number of hydrogen-bond donors (Lipinski definition) is 1. The predicted molar refractivity (Wildman–Crippen MR) is 95.7 cm³/mol. The Morgan fingerprint density at radius 2 is 1.78 bits per heavy atom. The van der Waals surface area contributed by atoms with Crippen LogP contribution in [-0.4, -0.2) is 18.5 Å². The first kappa shape index (κ1) is 20.8. The number of halogens is 4. The van der Waals surface area contributed by atoms with Crippen LogP contribution in [-0.2, 0) is 26.9 Å². The highest BCUT2D eigenvalue weighted by molar-refractivity contribution is 6.33. The summed E-state index contributed by atoms with van der Waals surface area (Å²) in [6.45, 7) is 3.23. The highest BCUT2D eigenvalue weighted by Gasteiger charge is 2.31. The van der Waals surface area contributed by atoms with E-state index in [1.165, 1.54) is 0 Å². The van der Waals surface area contributed by atoms with Crippen LogP contribution in [0.2, 0.25) is 5.02 Å². The van der Waals surface area contributed by atoms with Crippen LogP contribution in [0.5, 0.6) is 0 Å². The molecule has 1 N–H and O–H groups in total. The van der Waals surface area contributed by atoms with Crippen LogP contribution < -0.4 is 5.32 Å². The Kier molecular flexibility index (Phi) is 6.49. The maximum atomic E-state index is 12.7. The van der Waals surface area contributed by atoms with Gasteiger partial charge >= 0.3 is 12.1 Å². The molecule has 2 rings (SSSR count). The molecule has 0 heterocycles. The van der Waals surface area contributed by atoms with Gasteiger partial charge in [0.25, 0.3) is 5.91 Å². The maximum absolute atomic E-state index is 12.7. The number of carbonyl (C=O) groups excluding carboxylic acids is 2. The molecule has 0 aliphatic heterocycles. The van der Waals surface area contributed by atoms with Crippen molar-refractivity contribution >= 4 is 29.2 Å². The average molecular weight is 400 g/mol. The second-order valence-corrected chi connectivity index (χ2v) is 6.40. The van der Waals surface area contributed by atoms with Gasteiger partial charge in [0.2, 0.25) is 0 Å². The summed E-state index contributed by atoms with van der Waals surface area (Å²) in [6, 6.07) is 8.07. The molecular formula is C19H17ClF3NO3. The SMILES string of the molecule is Cc1ccc(CC(=O)OCC(=O)Nc2cc(C(F)(F)F)ccc2Cl)cc1C. The third-order valence-corrected chi connectivity index (χ3v) is 4.18. The van der Waals surface area contributed by atoms with Crippen molar-refractivity contribution in [2.24, 2.45) is 0 Å². The normalized spacial score (nSPS) is 11.2. The minimum atomic E-state index is -4.57. The molecule has 0 radical (unpaired) electrons. The number of aryl methyl sites for hydroxylation is 2. The van der Waals surface area contributed by atoms with Crippen LogP contribution >= 0.6 is 11.6 Å². The number of esters is 1. The lowest BCUT2D eigenvalue weighted by atomic mass is 10.0. The third-order valence-electron chi connectivity index (χ3n) is 3.85. The molecule has 27 heavy (non-hydrogen) atoms. The molecule has 0 saturated heterocycles. The quantitative estimate of drug-likeness (QED) is 0.741. The van der Waals surface area contributed by atoms with E-state index in [4.69, 9.17) is 16.3 Å². The van der Waals surface area contributed by atoms with Gasteiger partial charge in [-0.05, 0) is 48.7 Å². The minimum Gasteiger partial charge on any atom is -0.455 e. The molecule has 0 spiro atoms. The summed E-state index contributed by atoms with van der Waals surface area (Å²) in [7, 11) is 0. The molecule has 2 aromatic rings. The Bertz CT molecular complexity index is 866. The lowest BCUT2D eigenvalue weighted by Gasteiger charge is -2.12. The number of amides is 1. The van der Waals surface area contributed by atoms with E-state index in [0.29, 0.717) is 0 Å². The van der Waals surface area contributed by atoms with E-state index in [1.807, 2.05) is 26.0 Å². The first-order valence-electron chi connectivity index (χ1n) is 7.94. The first-order chi connectivity index (χ1) is 12.6. The summed E-state index contributed by atoms with van der Waals surface area (Å²) in [6.07, 6.45) is -4.58. The zero-order valence-corrected chi connectivity index (χ0v) is 15.4. The Labute approximate surface area is 159 Å². The van der Waals surface area contributed by atoms with E-state index in [-0.39, 0.29) is 17.1 Å². The summed E-state index contributed by atoms with van der Waals surface area (Å²) in [5, 5.41) is 2.15. The first-order valence-corrected chi connectivity index (χ1v) is 8.32. The number of nitrogens with one attached hydrogen (secondary N) is 1. The van der Waals surface area contributed by atoms with E-state index < -0.39 is 30.2 Å². The summed E-state index contributed by atoms with van der Waals surface area (Å²) < 4.78 is 43.0. The number of carbonyl (C=O) groups is 2. The summed E-state index contributed by atoms with van der Waals surface area (Å²) >= 11 is 5.80. The molecule has 0 bridgehead atoms. The second-order valence-electron chi connectivity index (χ2n) is 6.00. The van der Waals surface area contributed by atoms with E-state index in [9.17, 15) is 22.8 Å². The predicted octanol–water partition coefficient (Wildman–Crippen LogP) is 4.70. The largest absolute Gasteiger partial charge is 0.455 e. The van der Waals surface area contributed by atoms with Gasteiger partial charge in [-0.3, -0.25) is 9.59 Å². The molecule has 4 nitrogen and oxygen atoms in total. The molecule has 2 aromatic carbocycles. The average Bonchev–Trinajstić information content (AvgIpc) is 2.57. The van der Waals surface area contributed by atoms with E-state index in [1.54, 1.807) is 6.07 Å². The standard InChI is InChI=1S/C19H17ClF3NO3/c1-11-3-4-13(7-12(11)2)8-18(26)27-10-17(25)24-16-9-14(19(21,22)23)5-6-15(16)20/h3-7,9H,8,10H2,1-2H3,(H,24,25). The summed E-state index contributed by atoms with van der Waals surface area (Å²) in [5.41, 5.74) is 1.70. The van der Waals surface area contributed by atoms with Crippen molar-refractivity contribution < 1.29 is 27.5 Å². The van der Waals surface area contributed by atoms with Crippen LogP contribution in [0.3, 0.4) is 0 Å². The van der Waals surface area contributed by atoms with Gasteiger partial charge in [-0.1, -0.05) is 29.8 Å². The van der Waals surface area contributed by atoms with E-state index >= 15 is 0 Å². The van der Waals surface area contributed by atoms with Crippen LogP contribution in [0.25, 0.3) is 0 Å². The molecule has 8 heteroatoms. The van der Waals surface area contributed by atoms with Crippen LogP contribution in [0.1, 0.15) is 22.3 Å². The van der Waals surface area contributed by atoms with Gasteiger partial charge in [-0.2, -0.15) is 13.2 Å². The fraction of sp³-hybridized carbons (Fsp3) is 0.263. The molecule has 0 atom stereocenters. The number of ether oxygens (including phenoxy) is 1. The molecule has 0 aliphatic carbocycles. The number of benzene rings is 2. The lowest BCUT2D eigenvalue weighted by molar-refractivity contribution is -0.146. The highest BCUT2D eigenvalue weighted by Crippen LogP contribution is 2.33. The van der Waals surface area contributed by atoms with Crippen molar-refractivity contribution in [3.8, 4) is 0 Å². The molecule has 0 fully saturated rings. The van der Waals surface area contributed by atoms with Gasteiger partial charge in [-0.25, -0.2) is 0 Å².